The van der Waals surface area contributed by atoms with Gasteiger partial charge in [0.2, 0.25) is 0 Å². The minimum atomic E-state index is -0.332. The van der Waals surface area contributed by atoms with Crippen LogP contribution in [-0.2, 0) is 14.9 Å². The molecule has 0 unspecified atom stereocenters. The highest BCUT2D eigenvalue weighted by atomic mass is 32.2. The van der Waals surface area contributed by atoms with Gasteiger partial charge in [0.05, 0.1) is 12.0 Å². The maximum atomic E-state index is 11.9. The molecule has 0 spiro atoms. The predicted octanol–water partition coefficient (Wildman–Crippen LogP) is 3.00. The van der Waals surface area contributed by atoms with Crippen LogP contribution < -0.4 is 0 Å². The van der Waals surface area contributed by atoms with Crippen molar-refractivity contribution in [2.75, 3.05) is 12.9 Å². The number of esters is 1. The second-order valence-corrected chi connectivity index (χ2v) is 4.91. The molecule has 86 valence electrons. The highest BCUT2D eigenvalue weighted by molar-refractivity contribution is 7.98. The fraction of sp³-hybridized carbons (Fsp3) is 0.462. The zero-order chi connectivity index (χ0) is 11.6. The van der Waals surface area contributed by atoms with E-state index in [1.54, 1.807) is 11.8 Å². The van der Waals surface area contributed by atoms with Gasteiger partial charge in [-0.2, -0.15) is 0 Å². The molecule has 1 aliphatic rings. The molecule has 2 nitrogen and oxygen atoms in total. The lowest BCUT2D eigenvalue weighted by atomic mass is 9.96. The molecule has 0 amide bonds. The van der Waals surface area contributed by atoms with E-state index in [0.717, 1.165) is 18.4 Å². The van der Waals surface area contributed by atoms with Crippen molar-refractivity contribution < 1.29 is 9.53 Å². The van der Waals surface area contributed by atoms with Gasteiger partial charge in [-0.15, -0.1) is 11.8 Å². The molecule has 0 bridgehead atoms. The van der Waals surface area contributed by atoms with E-state index >= 15 is 0 Å². The average Bonchev–Trinajstić information content (AvgIpc) is 3.11. The number of ether oxygens (including phenoxy) is 1. The van der Waals surface area contributed by atoms with Crippen molar-refractivity contribution in [3.63, 3.8) is 0 Å². The Bertz CT molecular complexity index is 397. The lowest BCUT2D eigenvalue weighted by Crippen LogP contribution is -2.23. The first-order valence-electron chi connectivity index (χ1n) is 5.54. The lowest BCUT2D eigenvalue weighted by Gasteiger charge is -2.14. The average molecular weight is 236 g/mol. The van der Waals surface area contributed by atoms with E-state index in [-0.39, 0.29) is 11.4 Å². The van der Waals surface area contributed by atoms with Crippen molar-refractivity contribution in [1.29, 1.82) is 0 Å². The van der Waals surface area contributed by atoms with Gasteiger partial charge in [-0.05, 0) is 43.7 Å². The number of thioether (sulfide) groups is 1. The molecule has 0 aliphatic heterocycles. The topological polar surface area (TPSA) is 26.3 Å². The van der Waals surface area contributed by atoms with Crippen LogP contribution in [0.5, 0.6) is 0 Å². The molecule has 3 heteroatoms. The Hall–Kier alpha value is -0.960. The minimum absolute atomic E-state index is 0.0618. The van der Waals surface area contributed by atoms with Gasteiger partial charge in [0.1, 0.15) is 0 Å². The summed E-state index contributed by atoms with van der Waals surface area (Å²) in [5.74, 6) is -0.0618. The van der Waals surface area contributed by atoms with Gasteiger partial charge >= 0.3 is 5.97 Å². The molecule has 1 saturated carbocycles. The largest absolute Gasteiger partial charge is 0.465 e. The summed E-state index contributed by atoms with van der Waals surface area (Å²) in [6.45, 7) is 2.31. The van der Waals surface area contributed by atoms with Gasteiger partial charge < -0.3 is 4.74 Å². The van der Waals surface area contributed by atoms with Gasteiger partial charge in [-0.1, -0.05) is 12.1 Å². The highest BCUT2D eigenvalue weighted by Gasteiger charge is 2.52. The number of hydrogen-bond acceptors (Lipinski definition) is 3. The van der Waals surface area contributed by atoms with Crippen LogP contribution in [0.4, 0.5) is 0 Å². The smallest absolute Gasteiger partial charge is 0.316 e. The van der Waals surface area contributed by atoms with E-state index in [4.69, 9.17) is 4.74 Å². The van der Waals surface area contributed by atoms with E-state index in [9.17, 15) is 4.79 Å². The molecule has 16 heavy (non-hydrogen) atoms. The molecule has 0 aromatic heterocycles. The lowest BCUT2D eigenvalue weighted by molar-refractivity contribution is -0.146. The summed E-state index contributed by atoms with van der Waals surface area (Å²) in [5, 5.41) is 0. The second-order valence-electron chi connectivity index (χ2n) is 4.03. The van der Waals surface area contributed by atoms with E-state index < -0.39 is 0 Å². The minimum Gasteiger partial charge on any atom is -0.465 e. The van der Waals surface area contributed by atoms with Gasteiger partial charge in [0.15, 0.2) is 0 Å². The fourth-order valence-electron chi connectivity index (χ4n) is 1.93. The van der Waals surface area contributed by atoms with Crippen LogP contribution in [-0.4, -0.2) is 18.8 Å². The monoisotopic (exact) mass is 236 g/mol. The van der Waals surface area contributed by atoms with Crippen LogP contribution in [0.1, 0.15) is 25.3 Å². The summed E-state index contributed by atoms with van der Waals surface area (Å²) < 4.78 is 5.15. The summed E-state index contributed by atoms with van der Waals surface area (Å²) in [6, 6.07) is 8.22. The maximum Gasteiger partial charge on any atom is 0.316 e. The Morgan fingerprint density at radius 3 is 2.81 bits per heavy atom. The normalized spacial score (nSPS) is 16.9. The third-order valence-electron chi connectivity index (χ3n) is 3.04. The van der Waals surface area contributed by atoms with Crippen LogP contribution in [0.15, 0.2) is 29.2 Å². The predicted molar refractivity (Wildman–Crippen MR) is 65.8 cm³/mol. The third-order valence-corrected chi connectivity index (χ3v) is 3.76. The zero-order valence-corrected chi connectivity index (χ0v) is 10.5. The van der Waals surface area contributed by atoms with Crippen LogP contribution >= 0.6 is 11.8 Å². The molecular formula is C13H16O2S. The number of rotatable bonds is 4. The van der Waals surface area contributed by atoms with E-state index in [2.05, 4.69) is 12.1 Å². The number of carbonyl (C=O) groups is 1. The standard InChI is InChI=1S/C13H16O2S/c1-3-15-12(14)13(7-8-13)10-5-4-6-11(9-10)16-2/h4-6,9H,3,7-8H2,1-2H3. The Balaban J connectivity index is 2.25. The van der Waals surface area contributed by atoms with Crippen LogP contribution in [0.2, 0.25) is 0 Å². The van der Waals surface area contributed by atoms with Crippen molar-refractivity contribution in [1.82, 2.24) is 0 Å². The maximum absolute atomic E-state index is 11.9. The Morgan fingerprint density at radius 1 is 1.50 bits per heavy atom. The summed E-state index contributed by atoms with van der Waals surface area (Å²) in [4.78, 5) is 13.1. The van der Waals surface area contributed by atoms with E-state index in [1.165, 1.54) is 4.90 Å². The van der Waals surface area contributed by atoms with Gasteiger partial charge in [0.25, 0.3) is 0 Å². The molecular weight excluding hydrogens is 220 g/mol. The molecule has 0 atom stereocenters. The number of hydrogen-bond donors (Lipinski definition) is 0. The second kappa shape index (κ2) is 4.50. The van der Waals surface area contributed by atoms with Crippen molar-refractivity contribution in [3.05, 3.63) is 29.8 Å². The van der Waals surface area contributed by atoms with Crippen molar-refractivity contribution >= 4 is 17.7 Å². The Morgan fingerprint density at radius 2 is 2.25 bits per heavy atom. The van der Waals surface area contributed by atoms with Crippen molar-refractivity contribution in [3.8, 4) is 0 Å². The quantitative estimate of drug-likeness (QED) is 0.594. The van der Waals surface area contributed by atoms with Crippen LogP contribution in [0.25, 0.3) is 0 Å². The van der Waals surface area contributed by atoms with Gasteiger partial charge in [0, 0.05) is 4.90 Å². The molecule has 1 aromatic rings. The van der Waals surface area contributed by atoms with Gasteiger partial charge in [-0.25, -0.2) is 0 Å². The number of benzene rings is 1. The zero-order valence-electron chi connectivity index (χ0n) is 9.66. The summed E-state index contributed by atoms with van der Waals surface area (Å²) in [6.07, 6.45) is 3.89. The Labute approximate surface area is 100 Å². The van der Waals surface area contributed by atoms with Crippen LogP contribution in [0, 0.1) is 0 Å². The third kappa shape index (κ3) is 1.96. The summed E-state index contributed by atoms with van der Waals surface area (Å²) in [5.41, 5.74) is 0.777. The van der Waals surface area contributed by atoms with E-state index in [0.29, 0.717) is 6.61 Å². The molecule has 0 radical (unpaired) electrons. The Kier molecular flexibility index (Phi) is 3.24. The first kappa shape index (κ1) is 11.5. The SMILES string of the molecule is CCOC(=O)C1(c2cccc(SC)c2)CC1. The van der Waals surface area contributed by atoms with Crippen molar-refractivity contribution in [2.45, 2.75) is 30.1 Å². The van der Waals surface area contributed by atoms with Crippen LogP contribution in [0.3, 0.4) is 0 Å². The van der Waals surface area contributed by atoms with Crippen molar-refractivity contribution in [2.24, 2.45) is 0 Å². The first-order valence-corrected chi connectivity index (χ1v) is 6.77. The fourth-order valence-corrected chi connectivity index (χ4v) is 2.39. The highest BCUT2D eigenvalue weighted by Crippen LogP contribution is 2.49. The number of carbonyl (C=O) groups excluding carboxylic acids is 1. The molecule has 1 aromatic carbocycles. The summed E-state index contributed by atoms with van der Waals surface area (Å²) in [7, 11) is 0. The molecule has 1 fully saturated rings. The first-order chi connectivity index (χ1) is 7.73. The molecule has 0 N–H and O–H groups in total. The summed E-state index contributed by atoms with van der Waals surface area (Å²) >= 11 is 1.70. The molecule has 0 heterocycles. The molecule has 2 rings (SSSR count). The molecule has 0 saturated heterocycles. The van der Waals surface area contributed by atoms with Gasteiger partial charge in [-0.3, -0.25) is 4.79 Å². The molecule has 1 aliphatic carbocycles. The van der Waals surface area contributed by atoms with E-state index in [1.807, 2.05) is 25.3 Å².